The molecular formula is C32H39B2N5O4. The summed E-state index contributed by atoms with van der Waals surface area (Å²) in [4.78, 5) is 24.0. The fourth-order valence-electron chi connectivity index (χ4n) is 5.37. The van der Waals surface area contributed by atoms with Crippen molar-refractivity contribution >= 4 is 43.3 Å². The average Bonchev–Trinajstić information content (AvgIpc) is 3.43. The number of allylic oxidation sites excluding steroid dienone is 1. The van der Waals surface area contributed by atoms with Gasteiger partial charge in [0.2, 0.25) is 0 Å². The van der Waals surface area contributed by atoms with Gasteiger partial charge in [-0.1, -0.05) is 36.4 Å². The SMILES string of the molecule is Cc1cccc(/N=C2\N=C(N=C3C=CCC(C(B4OC(C)(C)C(C)(C)O4)B4OC(C)(C)C(C)(C)O4)=N3)c3ccccc32)n1. The van der Waals surface area contributed by atoms with Crippen molar-refractivity contribution < 1.29 is 18.6 Å². The number of nitrogens with zero attached hydrogens (tertiary/aromatic N) is 5. The number of dihydropyridines is 1. The summed E-state index contributed by atoms with van der Waals surface area (Å²) in [6, 6.07) is 13.7. The molecule has 0 N–H and O–H groups in total. The van der Waals surface area contributed by atoms with Crippen molar-refractivity contribution in [1.29, 1.82) is 0 Å². The minimum Gasteiger partial charge on any atom is -0.403 e. The number of aromatic nitrogens is 1. The Balaban J connectivity index is 1.38. The molecule has 0 bridgehead atoms. The van der Waals surface area contributed by atoms with E-state index in [4.69, 9.17) is 38.6 Å². The molecule has 1 aromatic heterocycles. The van der Waals surface area contributed by atoms with E-state index >= 15 is 0 Å². The highest BCUT2D eigenvalue weighted by Gasteiger charge is 2.63. The zero-order valence-corrected chi connectivity index (χ0v) is 26.5. The van der Waals surface area contributed by atoms with Gasteiger partial charge in [0.25, 0.3) is 0 Å². The molecular weight excluding hydrogens is 540 g/mol. The van der Waals surface area contributed by atoms with Crippen molar-refractivity contribution in [3.8, 4) is 0 Å². The maximum Gasteiger partial charge on any atom is 0.464 e. The number of rotatable bonds is 4. The minimum atomic E-state index is -0.615. The molecule has 5 heterocycles. The van der Waals surface area contributed by atoms with Crippen LogP contribution in [-0.2, 0) is 18.6 Å². The van der Waals surface area contributed by atoms with Gasteiger partial charge in [-0.05, 0) is 80.5 Å². The summed E-state index contributed by atoms with van der Waals surface area (Å²) in [6.45, 7) is 18.3. The molecule has 0 atom stereocenters. The lowest BCUT2D eigenvalue weighted by Crippen LogP contribution is -2.43. The van der Waals surface area contributed by atoms with E-state index in [1.165, 1.54) is 0 Å². The first-order valence-electron chi connectivity index (χ1n) is 14.9. The Morgan fingerprint density at radius 1 is 0.721 bits per heavy atom. The third-order valence-electron chi connectivity index (χ3n) is 9.30. The van der Waals surface area contributed by atoms with Crippen LogP contribution in [0.3, 0.4) is 0 Å². The number of aliphatic imine (C=N–C) groups is 4. The predicted octanol–water partition coefficient (Wildman–Crippen LogP) is 6.12. The number of amidine groups is 3. The van der Waals surface area contributed by atoms with Gasteiger partial charge in [0.15, 0.2) is 23.3 Å². The molecule has 0 aliphatic carbocycles. The molecule has 9 nitrogen and oxygen atoms in total. The topological polar surface area (TPSA) is 99.3 Å². The van der Waals surface area contributed by atoms with Gasteiger partial charge in [-0.3, -0.25) is 0 Å². The van der Waals surface area contributed by atoms with E-state index < -0.39 is 42.4 Å². The van der Waals surface area contributed by atoms with Gasteiger partial charge in [-0.25, -0.2) is 25.0 Å². The smallest absolute Gasteiger partial charge is 0.403 e. The molecule has 6 rings (SSSR count). The molecule has 0 unspecified atom stereocenters. The molecule has 0 radical (unpaired) electrons. The summed E-state index contributed by atoms with van der Waals surface area (Å²) in [5, 5.41) is 0. The highest BCUT2D eigenvalue weighted by Crippen LogP contribution is 2.46. The normalized spacial score (nSPS) is 25.1. The molecule has 2 saturated heterocycles. The van der Waals surface area contributed by atoms with E-state index in [9.17, 15) is 0 Å². The van der Waals surface area contributed by atoms with Gasteiger partial charge in [-0.15, -0.1) is 0 Å². The van der Waals surface area contributed by atoms with E-state index in [0.29, 0.717) is 29.7 Å². The second kappa shape index (κ2) is 10.4. The molecule has 0 spiro atoms. The zero-order chi connectivity index (χ0) is 30.8. The van der Waals surface area contributed by atoms with Gasteiger partial charge in [0.05, 0.1) is 28.1 Å². The van der Waals surface area contributed by atoms with Gasteiger partial charge in [0.1, 0.15) is 0 Å². The van der Waals surface area contributed by atoms with Crippen LogP contribution in [0.15, 0.2) is 74.6 Å². The van der Waals surface area contributed by atoms with Crippen LogP contribution in [-0.4, -0.2) is 64.8 Å². The maximum absolute atomic E-state index is 6.55. The quantitative estimate of drug-likeness (QED) is 0.407. The molecule has 1 aromatic carbocycles. The first-order chi connectivity index (χ1) is 20.2. The van der Waals surface area contributed by atoms with E-state index in [-0.39, 0.29) is 0 Å². The van der Waals surface area contributed by atoms with Crippen molar-refractivity contribution in [2.75, 3.05) is 0 Å². The van der Waals surface area contributed by atoms with Crippen molar-refractivity contribution in [3.05, 3.63) is 71.4 Å². The van der Waals surface area contributed by atoms with Crippen LogP contribution in [0.1, 0.15) is 78.6 Å². The Hall–Kier alpha value is -3.24. The summed E-state index contributed by atoms with van der Waals surface area (Å²) in [5.41, 5.74) is 1.01. The average molecular weight is 579 g/mol. The lowest BCUT2D eigenvalue weighted by molar-refractivity contribution is 0.00578. The summed E-state index contributed by atoms with van der Waals surface area (Å²) in [6.07, 6.45) is 4.56. The van der Waals surface area contributed by atoms with Crippen LogP contribution in [0.5, 0.6) is 0 Å². The predicted molar refractivity (Wildman–Crippen MR) is 173 cm³/mol. The van der Waals surface area contributed by atoms with Crippen LogP contribution < -0.4 is 0 Å². The van der Waals surface area contributed by atoms with E-state index in [0.717, 1.165) is 22.5 Å². The second-order valence-electron chi connectivity index (χ2n) is 13.5. The van der Waals surface area contributed by atoms with Crippen LogP contribution in [0.4, 0.5) is 5.82 Å². The third kappa shape index (κ3) is 5.48. The molecule has 2 fully saturated rings. The van der Waals surface area contributed by atoms with Crippen molar-refractivity contribution in [2.45, 2.75) is 96.9 Å². The van der Waals surface area contributed by atoms with E-state index in [1.807, 2.05) is 111 Å². The maximum atomic E-state index is 6.55. The molecule has 2 aromatic rings. The molecule has 11 heteroatoms. The van der Waals surface area contributed by atoms with Crippen molar-refractivity contribution in [2.24, 2.45) is 20.0 Å². The van der Waals surface area contributed by atoms with E-state index in [1.54, 1.807) is 0 Å². The van der Waals surface area contributed by atoms with E-state index in [2.05, 4.69) is 11.1 Å². The molecule has 4 aliphatic heterocycles. The van der Waals surface area contributed by atoms with Gasteiger partial charge < -0.3 is 18.6 Å². The highest BCUT2D eigenvalue weighted by molar-refractivity contribution is 6.75. The monoisotopic (exact) mass is 579 g/mol. The fourth-order valence-corrected chi connectivity index (χ4v) is 5.37. The lowest BCUT2D eigenvalue weighted by atomic mass is 9.49. The summed E-state index contributed by atoms with van der Waals surface area (Å²) >= 11 is 0. The largest absolute Gasteiger partial charge is 0.464 e. The fraction of sp³-hybridized carbons (Fsp3) is 0.469. The minimum absolute atomic E-state index is 0.417. The van der Waals surface area contributed by atoms with Gasteiger partial charge >= 0.3 is 14.2 Å². The first kappa shape index (κ1) is 29.8. The molecule has 43 heavy (non-hydrogen) atoms. The van der Waals surface area contributed by atoms with Crippen molar-refractivity contribution in [3.63, 3.8) is 0 Å². The third-order valence-corrected chi connectivity index (χ3v) is 9.30. The van der Waals surface area contributed by atoms with Crippen LogP contribution in [0, 0.1) is 6.92 Å². The van der Waals surface area contributed by atoms with Crippen LogP contribution >= 0.6 is 0 Å². The summed E-state index contributed by atoms with van der Waals surface area (Å²) in [7, 11) is -1.23. The number of benzene rings is 1. The van der Waals surface area contributed by atoms with Crippen LogP contribution in [0.25, 0.3) is 0 Å². The molecule has 0 amide bonds. The Labute approximate surface area is 254 Å². The van der Waals surface area contributed by atoms with Crippen LogP contribution in [0.2, 0.25) is 5.72 Å². The first-order valence-corrected chi connectivity index (χ1v) is 14.9. The number of hydrogen-bond donors (Lipinski definition) is 0. The van der Waals surface area contributed by atoms with Gasteiger partial charge in [-0.2, -0.15) is 0 Å². The number of pyridine rings is 1. The number of fused-ring (bicyclic) bond motifs is 1. The standard InChI is InChI=1S/C32H39B2N5O4/c1-20-14-12-18-24(35-20)37-27-21-15-10-11-16-22(21)28(39-27)38-25-19-13-17-23(36-25)26(33-40-29(2,3)30(4,5)41-33)34-42-31(6,7)32(8,9)43-34/h10-16,18-19,26H,17H2,1-9H3/b37-27-,38-25?. The second-order valence-corrected chi connectivity index (χ2v) is 13.5. The Kier molecular flexibility index (Phi) is 7.24. The summed E-state index contributed by atoms with van der Waals surface area (Å²) in [5.74, 6) is 2.26. The molecule has 0 saturated carbocycles. The Morgan fingerprint density at radius 3 is 1.88 bits per heavy atom. The highest BCUT2D eigenvalue weighted by atomic mass is 16.7. The number of hydrogen-bond acceptors (Lipinski definition) is 7. The molecule has 222 valence electrons. The summed E-state index contributed by atoms with van der Waals surface area (Å²) < 4.78 is 26.2. The van der Waals surface area contributed by atoms with Gasteiger partial charge in [0, 0.05) is 29.0 Å². The molecule has 4 aliphatic rings. The van der Waals surface area contributed by atoms with Crippen molar-refractivity contribution in [1.82, 2.24) is 4.98 Å². The Morgan fingerprint density at radius 2 is 1.30 bits per heavy atom. The zero-order valence-electron chi connectivity index (χ0n) is 26.5. The lowest BCUT2D eigenvalue weighted by Gasteiger charge is -2.32. The number of aryl methyl sites for hydroxylation is 1. The Bertz CT molecular complexity index is 1540.